The third kappa shape index (κ3) is 2.64. The molecule has 17 heavy (non-hydrogen) atoms. The van der Waals surface area contributed by atoms with Crippen molar-refractivity contribution in [3.05, 3.63) is 30.6 Å². The standard InChI is InChI=1S/C13H17N3O/c1-10(2)8-16-9-14-15-13(16)11-5-4-6-12(7-11)17-3/h4-7,9-10H,8H2,1-3H3. The summed E-state index contributed by atoms with van der Waals surface area (Å²) in [6.07, 6.45) is 1.77. The highest BCUT2D eigenvalue weighted by Crippen LogP contribution is 2.22. The van der Waals surface area contributed by atoms with E-state index >= 15 is 0 Å². The average molecular weight is 231 g/mol. The van der Waals surface area contributed by atoms with E-state index in [0.29, 0.717) is 5.92 Å². The predicted molar refractivity (Wildman–Crippen MR) is 66.8 cm³/mol. The van der Waals surface area contributed by atoms with Crippen LogP contribution < -0.4 is 4.74 Å². The smallest absolute Gasteiger partial charge is 0.163 e. The normalized spacial score (nSPS) is 10.8. The fourth-order valence-electron chi connectivity index (χ4n) is 1.77. The van der Waals surface area contributed by atoms with Crippen LogP contribution in [0.5, 0.6) is 5.75 Å². The van der Waals surface area contributed by atoms with Crippen molar-refractivity contribution in [2.75, 3.05) is 7.11 Å². The molecule has 0 aliphatic carbocycles. The fourth-order valence-corrected chi connectivity index (χ4v) is 1.77. The Morgan fingerprint density at radius 2 is 2.18 bits per heavy atom. The van der Waals surface area contributed by atoms with Crippen molar-refractivity contribution in [3.8, 4) is 17.1 Å². The summed E-state index contributed by atoms with van der Waals surface area (Å²) < 4.78 is 7.29. The Kier molecular flexibility index (Phi) is 3.42. The van der Waals surface area contributed by atoms with Crippen LogP contribution in [0.1, 0.15) is 13.8 Å². The van der Waals surface area contributed by atoms with Crippen LogP contribution >= 0.6 is 0 Å². The van der Waals surface area contributed by atoms with E-state index in [4.69, 9.17) is 4.74 Å². The van der Waals surface area contributed by atoms with Crippen LogP contribution in [-0.4, -0.2) is 21.9 Å². The number of aromatic nitrogens is 3. The third-order valence-corrected chi connectivity index (χ3v) is 2.51. The van der Waals surface area contributed by atoms with Gasteiger partial charge in [-0.15, -0.1) is 10.2 Å². The second-order valence-corrected chi connectivity index (χ2v) is 4.43. The average Bonchev–Trinajstić information content (AvgIpc) is 2.76. The van der Waals surface area contributed by atoms with E-state index in [1.807, 2.05) is 24.3 Å². The fraction of sp³-hybridized carbons (Fsp3) is 0.385. The van der Waals surface area contributed by atoms with Gasteiger partial charge < -0.3 is 9.30 Å². The Hall–Kier alpha value is -1.84. The van der Waals surface area contributed by atoms with E-state index in [0.717, 1.165) is 23.7 Å². The summed E-state index contributed by atoms with van der Waals surface area (Å²) in [7, 11) is 1.66. The molecule has 0 aliphatic rings. The molecule has 0 amide bonds. The molecule has 0 saturated carbocycles. The van der Waals surface area contributed by atoms with E-state index < -0.39 is 0 Å². The first kappa shape index (κ1) is 11.6. The number of hydrogen-bond donors (Lipinski definition) is 0. The Labute approximate surface area is 101 Å². The Morgan fingerprint density at radius 1 is 1.35 bits per heavy atom. The summed E-state index contributed by atoms with van der Waals surface area (Å²) in [6.45, 7) is 5.27. The van der Waals surface area contributed by atoms with Crippen LogP contribution in [0.3, 0.4) is 0 Å². The van der Waals surface area contributed by atoms with Crippen molar-refractivity contribution in [2.24, 2.45) is 5.92 Å². The van der Waals surface area contributed by atoms with Gasteiger partial charge in [0.25, 0.3) is 0 Å². The second kappa shape index (κ2) is 4.99. The van der Waals surface area contributed by atoms with Gasteiger partial charge in [0.1, 0.15) is 12.1 Å². The molecule has 4 heteroatoms. The van der Waals surface area contributed by atoms with Crippen LogP contribution in [0.25, 0.3) is 11.4 Å². The van der Waals surface area contributed by atoms with E-state index in [-0.39, 0.29) is 0 Å². The van der Waals surface area contributed by atoms with Crippen molar-refractivity contribution >= 4 is 0 Å². The van der Waals surface area contributed by atoms with Crippen LogP contribution in [0, 0.1) is 5.92 Å². The second-order valence-electron chi connectivity index (χ2n) is 4.43. The molecule has 90 valence electrons. The number of hydrogen-bond acceptors (Lipinski definition) is 3. The molecule has 0 radical (unpaired) electrons. The van der Waals surface area contributed by atoms with Gasteiger partial charge in [-0.2, -0.15) is 0 Å². The molecule has 4 nitrogen and oxygen atoms in total. The summed E-state index contributed by atoms with van der Waals surface area (Å²) in [5.41, 5.74) is 1.03. The molecular formula is C13H17N3O. The molecule has 0 atom stereocenters. The summed E-state index contributed by atoms with van der Waals surface area (Å²) in [5.74, 6) is 2.29. The van der Waals surface area contributed by atoms with E-state index in [1.165, 1.54) is 0 Å². The minimum Gasteiger partial charge on any atom is -0.497 e. The van der Waals surface area contributed by atoms with Gasteiger partial charge in [0.15, 0.2) is 5.82 Å². The lowest BCUT2D eigenvalue weighted by Crippen LogP contribution is -2.05. The largest absolute Gasteiger partial charge is 0.497 e. The molecule has 0 spiro atoms. The molecular weight excluding hydrogens is 214 g/mol. The summed E-state index contributed by atoms with van der Waals surface area (Å²) in [4.78, 5) is 0. The molecule has 0 saturated heterocycles. The third-order valence-electron chi connectivity index (χ3n) is 2.51. The number of rotatable bonds is 4. The van der Waals surface area contributed by atoms with Gasteiger partial charge in [0.2, 0.25) is 0 Å². The van der Waals surface area contributed by atoms with Crippen LogP contribution in [0.4, 0.5) is 0 Å². The molecule has 0 aliphatic heterocycles. The van der Waals surface area contributed by atoms with Crippen LogP contribution in [0.15, 0.2) is 30.6 Å². The minimum absolute atomic E-state index is 0.565. The highest BCUT2D eigenvalue weighted by Gasteiger charge is 2.08. The van der Waals surface area contributed by atoms with Crippen molar-refractivity contribution < 1.29 is 4.74 Å². The molecule has 0 N–H and O–H groups in total. The van der Waals surface area contributed by atoms with Gasteiger partial charge >= 0.3 is 0 Å². The molecule has 1 aromatic carbocycles. The highest BCUT2D eigenvalue weighted by molar-refractivity contribution is 5.57. The number of nitrogens with zero attached hydrogens (tertiary/aromatic N) is 3. The van der Waals surface area contributed by atoms with Crippen LogP contribution in [0.2, 0.25) is 0 Å². The van der Waals surface area contributed by atoms with Gasteiger partial charge in [0, 0.05) is 12.1 Å². The maximum atomic E-state index is 5.22. The quantitative estimate of drug-likeness (QED) is 0.812. The van der Waals surface area contributed by atoms with E-state index in [1.54, 1.807) is 13.4 Å². The highest BCUT2D eigenvalue weighted by atomic mass is 16.5. The number of benzene rings is 1. The van der Waals surface area contributed by atoms with Crippen molar-refractivity contribution in [2.45, 2.75) is 20.4 Å². The van der Waals surface area contributed by atoms with Gasteiger partial charge in [-0.25, -0.2) is 0 Å². The Morgan fingerprint density at radius 3 is 2.88 bits per heavy atom. The van der Waals surface area contributed by atoms with E-state index in [9.17, 15) is 0 Å². The first-order chi connectivity index (χ1) is 8.20. The molecule has 0 unspecified atom stereocenters. The van der Waals surface area contributed by atoms with Crippen LogP contribution in [-0.2, 0) is 6.54 Å². The zero-order valence-electron chi connectivity index (χ0n) is 10.4. The topological polar surface area (TPSA) is 39.9 Å². The van der Waals surface area contributed by atoms with E-state index in [2.05, 4.69) is 28.6 Å². The maximum Gasteiger partial charge on any atom is 0.163 e. The van der Waals surface area contributed by atoms with Crippen molar-refractivity contribution in [1.29, 1.82) is 0 Å². The lowest BCUT2D eigenvalue weighted by atomic mass is 10.2. The summed E-state index contributed by atoms with van der Waals surface area (Å²) in [5, 5.41) is 8.15. The SMILES string of the molecule is COc1cccc(-c2nncn2CC(C)C)c1. The van der Waals surface area contributed by atoms with Crippen molar-refractivity contribution in [1.82, 2.24) is 14.8 Å². The molecule has 0 fully saturated rings. The summed E-state index contributed by atoms with van der Waals surface area (Å²) in [6, 6.07) is 7.87. The monoisotopic (exact) mass is 231 g/mol. The molecule has 0 bridgehead atoms. The number of methoxy groups -OCH3 is 1. The first-order valence-corrected chi connectivity index (χ1v) is 5.73. The van der Waals surface area contributed by atoms with Crippen molar-refractivity contribution in [3.63, 3.8) is 0 Å². The van der Waals surface area contributed by atoms with Gasteiger partial charge in [0.05, 0.1) is 7.11 Å². The van der Waals surface area contributed by atoms with Gasteiger partial charge in [-0.1, -0.05) is 26.0 Å². The zero-order chi connectivity index (χ0) is 12.3. The zero-order valence-corrected chi connectivity index (χ0v) is 10.4. The molecule has 2 rings (SSSR count). The molecule has 1 aromatic heterocycles. The predicted octanol–water partition coefficient (Wildman–Crippen LogP) is 2.61. The Balaban J connectivity index is 2.35. The lowest BCUT2D eigenvalue weighted by Gasteiger charge is -2.09. The molecule has 1 heterocycles. The lowest BCUT2D eigenvalue weighted by molar-refractivity contribution is 0.415. The number of ether oxygens (including phenoxy) is 1. The minimum atomic E-state index is 0.565. The van der Waals surface area contributed by atoms with Gasteiger partial charge in [-0.3, -0.25) is 0 Å². The maximum absolute atomic E-state index is 5.22. The Bertz CT molecular complexity index is 491. The van der Waals surface area contributed by atoms with Gasteiger partial charge in [-0.05, 0) is 18.1 Å². The first-order valence-electron chi connectivity index (χ1n) is 5.73. The summed E-state index contributed by atoms with van der Waals surface area (Å²) >= 11 is 0. The molecule has 2 aromatic rings.